The van der Waals surface area contributed by atoms with Crippen molar-refractivity contribution in [2.75, 3.05) is 0 Å². The molecule has 2 heteroatoms. The van der Waals surface area contributed by atoms with Gasteiger partial charge in [-0.25, -0.2) is 0 Å². The van der Waals surface area contributed by atoms with E-state index in [2.05, 4.69) is 84.1 Å². The molecule has 0 aliphatic heterocycles. The maximum absolute atomic E-state index is 6.80. The van der Waals surface area contributed by atoms with Gasteiger partial charge in [0.15, 0.2) is 0 Å². The highest BCUT2D eigenvalue weighted by Gasteiger charge is 2.43. The first-order valence-corrected chi connectivity index (χ1v) is 9.30. The fourth-order valence-electron chi connectivity index (χ4n) is 4.49. The summed E-state index contributed by atoms with van der Waals surface area (Å²) in [5, 5.41) is 0.935. The molecule has 3 aliphatic rings. The van der Waals surface area contributed by atoms with Gasteiger partial charge in [-0.15, -0.1) is 0 Å². The first-order valence-electron chi connectivity index (χ1n) is 7.84. The minimum atomic E-state index is 0.267. The lowest BCUT2D eigenvalue weighted by Crippen LogP contribution is -2.28. The maximum atomic E-state index is 6.80. The van der Waals surface area contributed by atoms with Crippen molar-refractivity contribution in [1.29, 1.82) is 0 Å². The molecule has 23 heavy (non-hydrogen) atoms. The van der Waals surface area contributed by atoms with E-state index in [0.29, 0.717) is 5.92 Å². The minimum absolute atomic E-state index is 0.267. The van der Waals surface area contributed by atoms with Crippen LogP contribution in [-0.2, 0) is 0 Å². The number of hydrogen-bond acceptors (Lipinski definition) is 0. The quantitative estimate of drug-likeness (QED) is 0.256. The Morgan fingerprint density at radius 3 is 1.70 bits per heavy atom. The fraction of sp³-hybridized carbons (Fsp3) is 0.143. The largest absolute Gasteiger partial charge is 0.0828 e. The number of rotatable bonds is 0. The van der Waals surface area contributed by atoms with Crippen LogP contribution >= 0.6 is 34.2 Å². The molecule has 2 bridgehead atoms. The van der Waals surface area contributed by atoms with Gasteiger partial charge in [-0.1, -0.05) is 60.1 Å². The van der Waals surface area contributed by atoms with Crippen LogP contribution in [-0.4, -0.2) is 0 Å². The molecular weight excluding hydrogens is 415 g/mol. The highest BCUT2D eigenvalue weighted by atomic mass is 127. The molecular formula is C21H14ClI. The molecule has 0 aromatic heterocycles. The van der Waals surface area contributed by atoms with Gasteiger partial charge < -0.3 is 0 Å². The number of aryl methyl sites for hydroxylation is 1. The Bertz CT molecular complexity index is 926. The molecule has 3 aromatic rings. The Labute approximate surface area is 154 Å². The average molecular weight is 429 g/mol. The molecule has 0 spiro atoms. The highest BCUT2D eigenvalue weighted by molar-refractivity contribution is 14.1. The van der Waals surface area contributed by atoms with E-state index in [0.717, 1.165) is 8.59 Å². The normalized spacial score (nSPS) is 20.0. The molecule has 6 rings (SSSR count). The third-order valence-electron chi connectivity index (χ3n) is 5.32. The Hall–Kier alpha value is -1.32. The van der Waals surface area contributed by atoms with Crippen molar-refractivity contribution >= 4 is 34.2 Å². The van der Waals surface area contributed by atoms with Gasteiger partial charge in [0.25, 0.3) is 0 Å². The number of benzene rings is 3. The molecule has 0 N–H and O–H groups in total. The van der Waals surface area contributed by atoms with Crippen molar-refractivity contribution in [2.24, 2.45) is 0 Å². The second kappa shape index (κ2) is 4.84. The van der Waals surface area contributed by atoms with Crippen molar-refractivity contribution in [2.45, 2.75) is 18.8 Å². The smallest absolute Gasteiger partial charge is 0.0584 e. The molecule has 3 aromatic carbocycles. The topological polar surface area (TPSA) is 0 Å². The molecule has 0 amide bonds. The summed E-state index contributed by atoms with van der Waals surface area (Å²) in [5.41, 5.74) is 9.86. The summed E-state index contributed by atoms with van der Waals surface area (Å²) in [5.74, 6) is 0.584. The second-order valence-electron chi connectivity index (χ2n) is 6.44. The van der Waals surface area contributed by atoms with Gasteiger partial charge in [-0.3, -0.25) is 0 Å². The molecule has 0 saturated carbocycles. The molecule has 0 saturated heterocycles. The first-order chi connectivity index (χ1) is 11.2. The van der Waals surface area contributed by atoms with E-state index in [4.69, 9.17) is 11.6 Å². The Morgan fingerprint density at radius 2 is 1.22 bits per heavy atom. The van der Waals surface area contributed by atoms with E-state index in [1.807, 2.05) is 0 Å². The fourth-order valence-corrected chi connectivity index (χ4v) is 5.51. The second-order valence-corrected chi connectivity index (χ2v) is 7.98. The SMILES string of the molecule is Cc1cc(I)c(Cl)c2c1C1c3ccccc3C2c2ccccc21. The average Bonchev–Trinajstić information content (AvgIpc) is 2.59. The lowest BCUT2D eigenvalue weighted by Gasteiger charge is -2.43. The molecule has 3 aliphatic carbocycles. The molecule has 0 fully saturated rings. The number of halogens is 2. The van der Waals surface area contributed by atoms with E-state index in [1.54, 1.807) is 0 Å². The molecule has 0 radical (unpaired) electrons. The monoisotopic (exact) mass is 428 g/mol. The predicted octanol–water partition coefficient (Wildman–Crippen LogP) is 6.24. The van der Waals surface area contributed by atoms with E-state index in [9.17, 15) is 0 Å². The lowest BCUT2D eigenvalue weighted by molar-refractivity contribution is 0.748. The number of hydrogen-bond donors (Lipinski definition) is 0. The highest BCUT2D eigenvalue weighted by Crippen LogP contribution is 2.58. The van der Waals surface area contributed by atoms with Crippen molar-refractivity contribution in [1.82, 2.24) is 0 Å². The zero-order valence-electron chi connectivity index (χ0n) is 12.6. The summed E-state index contributed by atoms with van der Waals surface area (Å²) in [6.07, 6.45) is 0. The van der Waals surface area contributed by atoms with Crippen LogP contribution in [0.2, 0.25) is 5.02 Å². The van der Waals surface area contributed by atoms with Crippen LogP contribution in [0.5, 0.6) is 0 Å². The summed E-state index contributed by atoms with van der Waals surface area (Å²) >= 11 is 9.17. The molecule has 112 valence electrons. The molecule has 0 atom stereocenters. The molecule has 0 heterocycles. The van der Waals surface area contributed by atoms with Crippen LogP contribution in [0.15, 0.2) is 54.6 Å². The zero-order valence-corrected chi connectivity index (χ0v) is 15.5. The van der Waals surface area contributed by atoms with Gasteiger partial charge in [0, 0.05) is 15.4 Å². The molecule has 0 nitrogen and oxygen atoms in total. The summed E-state index contributed by atoms with van der Waals surface area (Å²) < 4.78 is 1.16. The van der Waals surface area contributed by atoms with Crippen LogP contribution in [0.4, 0.5) is 0 Å². The van der Waals surface area contributed by atoms with Gasteiger partial charge in [0.2, 0.25) is 0 Å². The minimum Gasteiger partial charge on any atom is -0.0828 e. The Kier molecular flexibility index (Phi) is 2.96. The maximum Gasteiger partial charge on any atom is 0.0584 e. The van der Waals surface area contributed by atoms with Crippen LogP contribution in [0.3, 0.4) is 0 Å². The van der Waals surface area contributed by atoms with Crippen LogP contribution in [0.1, 0.15) is 50.8 Å². The van der Waals surface area contributed by atoms with Crippen molar-refractivity contribution < 1.29 is 0 Å². The zero-order chi connectivity index (χ0) is 15.7. The third-order valence-corrected chi connectivity index (χ3v) is 6.89. The molecule has 0 unspecified atom stereocenters. The standard InChI is InChI=1S/C21H14ClI/c1-11-10-16(23)21(22)20-17(11)18-12-6-2-4-8-14(12)19(20)15-9-5-3-7-13(15)18/h2-10,18-19H,1H3. The predicted molar refractivity (Wildman–Crippen MR) is 104 cm³/mol. The van der Waals surface area contributed by atoms with Gasteiger partial charge in [-0.2, -0.15) is 0 Å². The Balaban J connectivity index is 1.96. The van der Waals surface area contributed by atoms with Crippen molar-refractivity contribution in [3.8, 4) is 0 Å². The first kappa shape index (κ1) is 14.1. The van der Waals surface area contributed by atoms with Crippen LogP contribution < -0.4 is 0 Å². The van der Waals surface area contributed by atoms with Crippen LogP contribution in [0.25, 0.3) is 0 Å². The lowest BCUT2D eigenvalue weighted by atomic mass is 9.60. The van der Waals surface area contributed by atoms with Crippen molar-refractivity contribution in [3.63, 3.8) is 0 Å². The van der Waals surface area contributed by atoms with Crippen molar-refractivity contribution in [3.05, 3.63) is 102 Å². The van der Waals surface area contributed by atoms with Gasteiger partial charge >= 0.3 is 0 Å². The summed E-state index contributed by atoms with van der Waals surface area (Å²) in [7, 11) is 0. The van der Waals surface area contributed by atoms with E-state index >= 15 is 0 Å². The van der Waals surface area contributed by atoms with Gasteiger partial charge in [-0.05, 0) is 74.5 Å². The third kappa shape index (κ3) is 1.72. The summed E-state index contributed by atoms with van der Waals surface area (Å²) in [6, 6.07) is 20.0. The van der Waals surface area contributed by atoms with E-state index in [-0.39, 0.29) is 5.92 Å². The van der Waals surface area contributed by atoms with E-state index < -0.39 is 0 Å². The summed E-state index contributed by atoms with van der Waals surface area (Å²) in [6.45, 7) is 2.23. The Morgan fingerprint density at radius 1 is 0.783 bits per heavy atom. The van der Waals surface area contributed by atoms with E-state index in [1.165, 1.54) is 38.9 Å². The van der Waals surface area contributed by atoms with Gasteiger partial charge in [0.1, 0.15) is 0 Å². The summed E-state index contributed by atoms with van der Waals surface area (Å²) in [4.78, 5) is 0. The van der Waals surface area contributed by atoms with Gasteiger partial charge in [0.05, 0.1) is 5.02 Å². The van der Waals surface area contributed by atoms with Crippen LogP contribution in [0, 0.1) is 10.5 Å².